The third-order valence-electron chi connectivity index (χ3n) is 13.3. The van der Waals surface area contributed by atoms with Crippen LogP contribution in [0.4, 0.5) is 0 Å². The predicted molar refractivity (Wildman–Crippen MR) is 236 cm³/mol. The molecule has 0 radical (unpaired) electrons. The van der Waals surface area contributed by atoms with Crippen molar-refractivity contribution in [3.8, 4) is 40.0 Å². The maximum atomic E-state index is 14.6. The summed E-state index contributed by atoms with van der Waals surface area (Å²) in [5.74, 6) is 2.69. The maximum Gasteiger partial charge on any atom is 0.255 e. The van der Waals surface area contributed by atoms with Gasteiger partial charge in [0.25, 0.3) is 5.91 Å². The van der Waals surface area contributed by atoms with Crippen molar-refractivity contribution in [2.45, 2.75) is 76.8 Å². The van der Waals surface area contributed by atoms with E-state index in [1.807, 2.05) is 48.5 Å². The molecule has 3 aliphatic heterocycles. The Kier molecular flexibility index (Phi) is 11.3. The lowest BCUT2D eigenvalue weighted by atomic mass is 9.73. The highest BCUT2D eigenvalue weighted by Crippen LogP contribution is 2.48. The van der Waals surface area contributed by atoms with Gasteiger partial charge < -0.3 is 38.9 Å². The van der Waals surface area contributed by atoms with Crippen LogP contribution in [0.15, 0.2) is 66.2 Å². The molecule has 16 heteroatoms. The number of likely N-dealkylation sites (tertiary alicyclic amines) is 1. The first kappa shape index (κ1) is 41.3. The lowest BCUT2D eigenvalue weighted by Gasteiger charge is -2.43. The van der Waals surface area contributed by atoms with Gasteiger partial charge in [0.2, 0.25) is 18.6 Å². The maximum absolute atomic E-state index is 14.6. The third-order valence-corrected chi connectivity index (χ3v) is 13.3. The van der Waals surface area contributed by atoms with E-state index in [-0.39, 0.29) is 42.9 Å². The highest BCUT2D eigenvalue weighted by molar-refractivity contribution is 6.11. The normalized spacial score (nSPS) is 20.1. The van der Waals surface area contributed by atoms with E-state index in [9.17, 15) is 14.4 Å². The molecule has 0 bridgehead atoms. The average Bonchev–Trinajstić information content (AvgIpc) is 3.92. The number of nitrogens with zero attached hydrogens (tertiary/aromatic N) is 6. The van der Waals surface area contributed by atoms with Crippen LogP contribution in [-0.4, -0.2) is 106 Å². The molecule has 3 atom stereocenters. The van der Waals surface area contributed by atoms with Gasteiger partial charge in [0, 0.05) is 54.5 Å². The number of aromatic amines is 1. The number of piperidine rings is 1. The first-order valence-corrected chi connectivity index (χ1v) is 22.3. The highest BCUT2D eigenvalue weighted by Gasteiger charge is 2.44. The van der Waals surface area contributed by atoms with E-state index in [1.54, 1.807) is 37.2 Å². The van der Waals surface area contributed by atoms with Crippen molar-refractivity contribution in [3.63, 3.8) is 0 Å². The van der Waals surface area contributed by atoms with Crippen LogP contribution in [0, 0.1) is 24.7 Å². The Labute approximate surface area is 370 Å². The summed E-state index contributed by atoms with van der Waals surface area (Å²) in [7, 11) is 3.22. The Hall–Kier alpha value is -6.71. The highest BCUT2D eigenvalue weighted by atomic mass is 16.7. The number of nitrogens with one attached hydrogen (secondary N) is 2. The number of pyridine rings is 1. The molecule has 6 heterocycles. The Morgan fingerprint density at radius 1 is 0.906 bits per heavy atom. The fourth-order valence-corrected chi connectivity index (χ4v) is 9.78. The molecule has 64 heavy (non-hydrogen) atoms. The number of benzene rings is 2. The van der Waals surface area contributed by atoms with Crippen LogP contribution in [0.1, 0.15) is 78.7 Å². The molecule has 16 nitrogen and oxygen atoms in total. The number of H-pyrrole nitrogens is 1. The molecule has 2 N–H and O–H groups in total. The molecule has 5 aromatic rings. The minimum absolute atomic E-state index is 0.0261. The number of amides is 3. The van der Waals surface area contributed by atoms with E-state index < -0.39 is 11.9 Å². The third kappa shape index (κ3) is 7.83. The second-order valence-electron chi connectivity index (χ2n) is 17.3. The number of hydrogen-bond acceptors (Lipinski definition) is 12. The molecule has 0 spiro atoms. The zero-order valence-electron chi connectivity index (χ0n) is 36.3. The molecule has 0 unspecified atom stereocenters. The van der Waals surface area contributed by atoms with Crippen molar-refractivity contribution < 1.29 is 38.1 Å². The second kappa shape index (κ2) is 17.5. The Balaban J connectivity index is 0.901. The Morgan fingerprint density at radius 3 is 2.47 bits per heavy atom. The van der Waals surface area contributed by atoms with Gasteiger partial charge in [0.15, 0.2) is 23.0 Å². The fourth-order valence-electron chi connectivity index (χ4n) is 9.78. The molecule has 332 valence electrons. The summed E-state index contributed by atoms with van der Waals surface area (Å²) >= 11 is 0. The quantitative estimate of drug-likeness (QED) is 0.137. The van der Waals surface area contributed by atoms with Gasteiger partial charge in [-0.1, -0.05) is 18.9 Å². The van der Waals surface area contributed by atoms with E-state index in [2.05, 4.69) is 25.3 Å². The van der Waals surface area contributed by atoms with Gasteiger partial charge in [-0.25, -0.2) is 15.0 Å². The molecule has 5 aliphatic rings. The zero-order valence-corrected chi connectivity index (χ0v) is 36.3. The monoisotopic (exact) mass is 868 g/mol. The van der Waals surface area contributed by atoms with Crippen molar-refractivity contribution >= 4 is 34.5 Å². The van der Waals surface area contributed by atoms with Gasteiger partial charge in [0.05, 0.1) is 49.2 Å². The van der Waals surface area contributed by atoms with Crippen LogP contribution in [0.2, 0.25) is 0 Å². The first-order chi connectivity index (χ1) is 31.3. The van der Waals surface area contributed by atoms with Gasteiger partial charge in [-0.3, -0.25) is 19.4 Å². The molecular formula is C48H52N8O8. The fraction of sp³-hybridized carbons (Fsp3) is 0.438. The smallest absolute Gasteiger partial charge is 0.255 e. The molecular weight excluding hydrogens is 817 g/mol. The van der Waals surface area contributed by atoms with Crippen LogP contribution in [0.3, 0.4) is 0 Å². The van der Waals surface area contributed by atoms with Gasteiger partial charge in [-0.2, -0.15) is 5.10 Å². The van der Waals surface area contributed by atoms with E-state index in [4.69, 9.17) is 28.8 Å². The number of aromatic nitrogens is 4. The van der Waals surface area contributed by atoms with Gasteiger partial charge in [-0.05, 0) is 93.8 Å². The number of hydrazone groups is 1. The zero-order chi connectivity index (χ0) is 43.9. The van der Waals surface area contributed by atoms with E-state index in [0.717, 1.165) is 49.8 Å². The number of fused-ring (bicyclic) bond motifs is 3. The number of carbonyl (C=O) groups is 3. The number of hydrogen-bond donors (Lipinski definition) is 2. The van der Waals surface area contributed by atoms with Crippen molar-refractivity contribution in [2.75, 3.05) is 40.7 Å². The summed E-state index contributed by atoms with van der Waals surface area (Å²) in [6.07, 6.45) is 10.4. The average molecular weight is 869 g/mol. The number of rotatable bonds is 13. The number of ether oxygens (including phenoxy) is 5. The summed E-state index contributed by atoms with van der Waals surface area (Å²) in [5, 5.41) is 9.88. The second-order valence-corrected chi connectivity index (χ2v) is 17.3. The van der Waals surface area contributed by atoms with Crippen molar-refractivity contribution in [2.24, 2.45) is 22.9 Å². The molecule has 3 fully saturated rings. The van der Waals surface area contributed by atoms with Crippen molar-refractivity contribution in [1.29, 1.82) is 0 Å². The molecule has 1 saturated heterocycles. The topological polar surface area (TPSA) is 183 Å². The molecule has 2 aromatic carbocycles. The number of methoxy groups -OCH3 is 2. The standard InChI is InChI=1S/C48H52N8O8/c1-27-39(42-44(52-27)43(51-25-50-42)40-36(62-24-28-11-12-28)15-16-37-45(40)64-26-63-37)46(57)53-34(23-30-8-6-7-19-49-30)48(59)55-20-17-31(18-21-55)56-47(58)33-10-5-4-9-32(33)41(54-56)29-13-14-35(60-2)38(22-29)61-3/h6-8,13-16,19,22,25,28,31-34,52H,4-5,9-12,17-18,20-21,23-24,26H2,1-3H3,(H,53,57)/t32-,33+,34-/m0/s1. The summed E-state index contributed by atoms with van der Waals surface area (Å²) < 4.78 is 29.1. The van der Waals surface area contributed by atoms with E-state index in [0.29, 0.717) is 106 Å². The van der Waals surface area contributed by atoms with Crippen molar-refractivity contribution in [1.82, 2.24) is 35.2 Å². The summed E-state index contributed by atoms with van der Waals surface area (Å²) in [4.78, 5) is 62.2. The first-order valence-electron chi connectivity index (χ1n) is 22.3. The van der Waals surface area contributed by atoms with Crippen LogP contribution in [-0.2, 0) is 16.0 Å². The lowest BCUT2D eigenvalue weighted by Crippen LogP contribution is -2.56. The largest absolute Gasteiger partial charge is 0.493 e. The molecule has 3 amide bonds. The van der Waals surface area contributed by atoms with Gasteiger partial charge in [-0.15, -0.1) is 0 Å². The summed E-state index contributed by atoms with van der Waals surface area (Å²) in [5.41, 5.74) is 5.38. The van der Waals surface area contributed by atoms with Crippen LogP contribution >= 0.6 is 0 Å². The minimum Gasteiger partial charge on any atom is -0.493 e. The Bertz CT molecular complexity index is 2620. The molecule has 2 saturated carbocycles. The number of aryl methyl sites for hydroxylation is 1. The summed E-state index contributed by atoms with van der Waals surface area (Å²) in [6, 6.07) is 13.9. The van der Waals surface area contributed by atoms with Crippen LogP contribution in [0.25, 0.3) is 22.3 Å². The predicted octanol–water partition coefficient (Wildman–Crippen LogP) is 6.25. The SMILES string of the molecule is COc1ccc(C2=NN(C3CCN(C(=O)[C@H](Cc4ccccn4)NC(=O)c4c(C)[nH]c5c(-c6c(OCC7CC7)ccc7c6OCO7)ncnc45)CC3)C(=O)[C@@H]3CCCC[C@H]23)cc1OC. The van der Waals surface area contributed by atoms with Crippen LogP contribution in [0.5, 0.6) is 28.7 Å². The van der Waals surface area contributed by atoms with Crippen molar-refractivity contribution in [3.05, 3.63) is 83.6 Å². The minimum atomic E-state index is -0.940. The lowest BCUT2D eigenvalue weighted by molar-refractivity contribution is -0.143. The van der Waals surface area contributed by atoms with Crippen LogP contribution < -0.4 is 29.0 Å². The summed E-state index contributed by atoms with van der Waals surface area (Å²) in [6.45, 7) is 3.22. The molecule has 3 aromatic heterocycles. The molecule has 10 rings (SSSR count). The van der Waals surface area contributed by atoms with Gasteiger partial charge >= 0.3 is 0 Å². The van der Waals surface area contributed by atoms with Gasteiger partial charge in [0.1, 0.15) is 29.3 Å². The Morgan fingerprint density at radius 2 is 1.70 bits per heavy atom. The van der Waals surface area contributed by atoms with E-state index >= 15 is 0 Å². The van der Waals surface area contributed by atoms with E-state index in [1.165, 1.54) is 6.33 Å². The molecule has 2 aliphatic carbocycles. The number of carbonyl (C=O) groups excluding carboxylic acids is 3.